The summed E-state index contributed by atoms with van der Waals surface area (Å²) in [5.74, 6) is 1.21. The van der Waals surface area contributed by atoms with E-state index in [-0.39, 0.29) is 43.9 Å². The maximum atomic E-state index is 10.0. The van der Waals surface area contributed by atoms with Crippen molar-refractivity contribution in [1.82, 2.24) is 9.97 Å². The van der Waals surface area contributed by atoms with Crippen molar-refractivity contribution in [2.45, 2.75) is 13.8 Å². The number of aliphatic hydroxyl groups is 1. The molecule has 5 nitrogen and oxygen atoms in total. The Labute approximate surface area is 184 Å². The number of allylic oxidation sites excluding steroid dienone is 2. The summed E-state index contributed by atoms with van der Waals surface area (Å²) < 4.78 is 22.0. The van der Waals surface area contributed by atoms with Gasteiger partial charge in [-0.05, 0) is 31.3 Å². The maximum Gasteiger partial charge on any atom is 0.155 e. The number of nitrogens with zero attached hydrogens (tertiary/aromatic N) is 2. The first-order valence-electron chi connectivity index (χ1n) is 9.62. The summed E-state index contributed by atoms with van der Waals surface area (Å²) in [6, 6.07) is 14.6. The second-order valence-corrected chi connectivity index (χ2v) is 6.32. The van der Waals surface area contributed by atoms with Gasteiger partial charge < -0.3 is 9.84 Å². The SMILES string of the molecule is CC(=O)/C=C(/C)O.[2H]c1nc2c3c(cccc3c1[2H])Oc1cc3ncccc3[c-]c1-2.[Ir]. The van der Waals surface area contributed by atoms with Crippen LogP contribution in [0.25, 0.3) is 32.9 Å². The van der Waals surface area contributed by atoms with Gasteiger partial charge in [-0.15, -0.1) is 12.1 Å². The predicted molar refractivity (Wildman–Crippen MR) is 108 cm³/mol. The van der Waals surface area contributed by atoms with Gasteiger partial charge in [-0.1, -0.05) is 35.2 Å². The molecule has 0 saturated heterocycles. The monoisotopic (exact) mass is 564 g/mol. The van der Waals surface area contributed by atoms with E-state index in [0.717, 1.165) is 16.3 Å². The van der Waals surface area contributed by atoms with Crippen molar-refractivity contribution in [2.24, 2.45) is 0 Å². The third-order valence-corrected chi connectivity index (χ3v) is 4.10. The number of benzene rings is 2. The molecule has 1 N–H and O–H groups in total. The molecule has 0 spiro atoms. The molecule has 6 heteroatoms. The van der Waals surface area contributed by atoms with Gasteiger partial charge in [0.1, 0.15) is 5.75 Å². The molecule has 0 atom stereocenters. The fourth-order valence-corrected chi connectivity index (χ4v) is 3.05. The van der Waals surface area contributed by atoms with E-state index in [4.69, 9.17) is 12.6 Å². The second kappa shape index (κ2) is 8.51. The Bertz CT molecular complexity index is 1350. The van der Waals surface area contributed by atoms with Gasteiger partial charge in [-0.3, -0.25) is 14.8 Å². The summed E-state index contributed by atoms with van der Waals surface area (Å²) in [7, 11) is 0. The fourth-order valence-electron chi connectivity index (χ4n) is 3.05. The third kappa shape index (κ3) is 4.19. The summed E-state index contributed by atoms with van der Waals surface area (Å²) in [4.78, 5) is 18.7. The fraction of sp³-hybridized carbons (Fsp3) is 0.0870. The average molecular weight is 564 g/mol. The van der Waals surface area contributed by atoms with Crippen LogP contribution in [0.5, 0.6) is 11.5 Å². The van der Waals surface area contributed by atoms with Gasteiger partial charge in [-0.25, -0.2) is 0 Å². The number of carbonyl (C=O) groups is 1. The molecule has 0 fully saturated rings. The molecule has 0 amide bonds. The molecule has 0 bridgehead atoms. The van der Waals surface area contributed by atoms with E-state index in [1.165, 1.54) is 19.9 Å². The predicted octanol–water partition coefficient (Wildman–Crippen LogP) is 5.39. The van der Waals surface area contributed by atoms with Crippen molar-refractivity contribution in [2.75, 3.05) is 0 Å². The van der Waals surface area contributed by atoms with E-state index in [0.29, 0.717) is 28.1 Å². The molecule has 5 rings (SSSR count). The van der Waals surface area contributed by atoms with Crippen LogP contribution in [0.2, 0.25) is 0 Å². The van der Waals surface area contributed by atoms with Crippen molar-refractivity contribution >= 4 is 27.5 Å². The van der Waals surface area contributed by atoms with Crippen LogP contribution in [0.1, 0.15) is 16.6 Å². The number of ether oxygens (including phenoxy) is 1. The number of fused-ring (bicyclic) bond motifs is 3. The van der Waals surface area contributed by atoms with Gasteiger partial charge in [0.05, 0.1) is 14.3 Å². The molecular formula is C23H17IrN2O3-. The summed E-state index contributed by atoms with van der Waals surface area (Å²) in [6.07, 6.45) is 2.85. The number of ketones is 1. The largest absolute Gasteiger partial charge is 0.512 e. The molecule has 3 heterocycles. The molecule has 147 valence electrons. The molecule has 4 aromatic rings. The molecule has 1 aliphatic rings. The standard InChI is InChI=1S/C18H9N2O.C5H8O2.Ir/c1-3-11-6-8-20-18-13-9-12-4-2-7-19-14(12)10-16(13)21-15(5-1)17(11)18;1-4(6)3-5(2)7;/h1-8,10H;3,6H,1-2H3;/q-1;;/b;4-3-;/i6D,8D;;. The van der Waals surface area contributed by atoms with Crippen LogP contribution in [0.3, 0.4) is 0 Å². The minimum absolute atomic E-state index is 0. The Morgan fingerprint density at radius 2 is 2.03 bits per heavy atom. The van der Waals surface area contributed by atoms with Crippen LogP contribution in [0.15, 0.2) is 66.6 Å². The van der Waals surface area contributed by atoms with E-state index in [1.54, 1.807) is 6.20 Å². The van der Waals surface area contributed by atoms with E-state index in [9.17, 15) is 4.79 Å². The summed E-state index contributed by atoms with van der Waals surface area (Å²) in [5.41, 5.74) is 2.15. The third-order valence-electron chi connectivity index (χ3n) is 4.10. The molecule has 29 heavy (non-hydrogen) atoms. The number of rotatable bonds is 1. The van der Waals surface area contributed by atoms with Crippen molar-refractivity contribution in [3.63, 3.8) is 0 Å². The molecule has 2 aromatic carbocycles. The molecular weight excluding hydrogens is 544 g/mol. The maximum absolute atomic E-state index is 10.0. The zero-order chi connectivity index (χ0) is 21.4. The Kier molecular flexibility index (Phi) is 5.28. The quantitative estimate of drug-likeness (QED) is 0.168. The van der Waals surface area contributed by atoms with Crippen LogP contribution >= 0.6 is 0 Å². The van der Waals surface area contributed by atoms with Crippen molar-refractivity contribution in [1.29, 1.82) is 0 Å². The topological polar surface area (TPSA) is 72.3 Å². The number of carbonyl (C=O) groups excluding carboxylic acids is 1. The molecule has 1 radical (unpaired) electrons. The number of aliphatic hydroxyl groups excluding tert-OH is 1. The molecule has 0 saturated carbocycles. The molecule has 0 aliphatic carbocycles. The van der Waals surface area contributed by atoms with E-state index in [1.807, 2.05) is 36.4 Å². The van der Waals surface area contributed by atoms with Crippen LogP contribution in [0, 0.1) is 6.07 Å². The van der Waals surface area contributed by atoms with Gasteiger partial charge in [-0.2, -0.15) is 0 Å². The van der Waals surface area contributed by atoms with Gasteiger partial charge in [0.2, 0.25) is 0 Å². The Balaban J connectivity index is 0.000000299. The summed E-state index contributed by atoms with van der Waals surface area (Å²) in [5, 5.41) is 10.7. The number of aromatic nitrogens is 2. The van der Waals surface area contributed by atoms with Crippen molar-refractivity contribution in [3.8, 4) is 22.8 Å². The smallest absolute Gasteiger partial charge is 0.155 e. The molecule has 1 aliphatic heterocycles. The summed E-state index contributed by atoms with van der Waals surface area (Å²) in [6.45, 7) is 2.85. The van der Waals surface area contributed by atoms with E-state index in [2.05, 4.69) is 16.0 Å². The van der Waals surface area contributed by atoms with Crippen LogP contribution in [-0.4, -0.2) is 20.9 Å². The Morgan fingerprint density at radius 3 is 2.76 bits per heavy atom. The number of pyridine rings is 2. The Hall–Kier alpha value is -3.08. The normalized spacial score (nSPS) is 12.6. The van der Waals surface area contributed by atoms with Crippen molar-refractivity contribution in [3.05, 3.63) is 72.7 Å². The van der Waals surface area contributed by atoms with Crippen molar-refractivity contribution < 1.29 is 37.5 Å². The molecule has 0 unspecified atom stereocenters. The number of hydrogen-bond donors (Lipinski definition) is 1. The first kappa shape index (κ1) is 18.0. The van der Waals surface area contributed by atoms with E-state index >= 15 is 0 Å². The van der Waals surface area contributed by atoms with Gasteiger partial charge in [0, 0.05) is 55.1 Å². The second-order valence-electron chi connectivity index (χ2n) is 6.32. The van der Waals surface area contributed by atoms with Gasteiger partial charge in [0.25, 0.3) is 0 Å². The minimum atomic E-state index is -0.125. The minimum Gasteiger partial charge on any atom is -0.512 e. The van der Waals surface area contributed by atoms with Gasteiger partial charge in [0.15, 0.2) is 5.78 Å². The van der Waals surface area contributed by atoms with Crippen LogP contribution in [0.4, 0.5) is 0 Å². The first-order valence-corrected chi connectivity index (χ1v) is 8.62. The Morgan fingerprint density at radius 1 is 1.21 bits per heavy atom. The zero-order valence-electron chi connectivity index (χ0n) is 17.6. The average Bonchev–Trinajstić information content (AvgIpc) is 2.70. The zero-order valence-corrected chi connectivity index (χ0v) is 18.0. The van der Waals surface area contributed by atoms with Crippen LogP contribution in [-0.2, 0) is 24.9 Å². The molecule has 2 aromatic heterocycles. The summed E-state index contributed by atoms with van der Waals surface area (Å²) >= 11 is 0. The van der Waals surface area contributed by atoms with E-state index < -0.39 is 0 Å². The van der Waals surface area contributed by atoms with Gasteiger partial charge >= 0.3 is 0 Å². The first-order chi connectivity index (χ1) is 14.3. The number of hydrogen-bond acceptors (Lipinski definition) is 5. The van der Waals surface area contributed by atoms with Crippen LogP contribution < -0.4 is 4.74 Å².